The number of amides is 1. The van der Waals surface area contributed by atoms with Gasteiger partial charge in [0.2, 0.25) is 0 Å². The first-order valence-corrected chi connectivity index (χ1v) is 10.4. The van der Waals surface area contributed by atoms with Crippen molar-refractivity contribution in [1.82, 2.24) is 10.3 Å². The lowest BCUT2D eigenvalue weighted by Gasteiger charge is -2.25. The highest BCUT2D eigenvalue weighted by Crippen LogP contribution is 2.22. The molecule has 0 spiro atoms. The minimum absolute atomic E-state index is 0.102. The fraction of sp³-hybridized carbons (Fsp3) is 0.200. The Morgan fingerprint density at radius 2 is 1.66 bits per heavy atom. The van der Waals surface area contributed by atoms with Gasteiger partial charge in [0.05, 0.1) is 12.1 Å². The van der Waals surface area contributed by atoms with Gasteiger partial charge in [-0.2, -0.15) is 0 Å². The van der Waals surface area contributed by atoms with Crippen molar-refractivity contribution in [2.75, 3.05) is 6.54 Å². The number of carbonyl (C=O) groups is 3. The van der Waals surface area contributed by atoms with Crippen molar-refractivity contribution in [2.24, 2.45) is 0 Å². The lowest BCUT2D eigenvalue weighted by atomic mass is 9.95. The molecule has 0 bridgehead atoms. The first-order valence-electron chi connectivity index (χ1n) is 10.0. The molecule has 0 aliphatic rings. The largest absolute Gasteiger partial charge is 0.480 e. The molecule has 0 aliphatic heterocycles. The normalized spacial score (nSPS) is 11.0. The summed E-state index contributed by atoms with van der Waals surface area (Å²) in [7, 11) is 0. The standard InChI is InChI=1S/C25H23ClN2O4/c1-25(2,32-21-11-9-20(26)10-12-21)23(30)14-17-5-7-18(8-6-17)22(29)16-28-24(31)19-4-3-13-27-15-19/h3-13,15H,14,16H2,1-2H3,(H,28,31). The fourth-order valence-corrected chi connectivity index (χ4v) is 3.05. The van der Waals surface area contributed by atoms with Gasteiger partial charge in [0.1, 0.15) is 5.75 Å². The molecule has 1 aromatic heterocycles. The summed E-state index contributed by atoms with van der Waals surface area (Å²) in [5.74, 6) is -0.139. The van der Waals surface area contributed by atoms with Gasteiger partial charge in [0, 0.05) is 29.4 Å². The Balaban J connectivity index is 1.55. The van der Waals surface area contributed by atoms with E-state index in [0.29, 0.717) is 21.9 Å². The van der Waals surface area contributed by atoms with Gasteiger partial charge < -0.3 is 10.1 Å². The number of halogens is 1. The molecule has 0 fully saturated rings. The van der Waals surface area contributed by atoms with Crippen molar-refractivity contribution in [3.05, 3.63) is 94.8 Å². The highest BCUT2D eigenvalue weighted by Gasteiger charge is 2.29. The van der Waals surface area contributed by atoms with E-state index >= 15 is 0 Å². The Hall–Kier alpha value is -3.51. The molecule has 164 valence electrons. The molecule has 0 radical (unpaired) electrons. The Morgan fingerprint density at radius 1 is 0.969 bits per heavy atom. The van der Waals surface area contributed by atoms with Crippen LogP contribution in [0, 0.1) is 0 Å². The van der Waals surface area contributed by atoms with Crippen molar-refractivity contribution in [3.8, 4) is 5.75 Å². The Morgan fingerprint density at radius 3 is 2.28 bits per heavy atom. The number of benzene rings is 2. The number of nitrogens with one attached hydrogen (secondary N) is 1. The van der Waals surface area contributed by atoms with E-state index in [1.807, 2.05) is 0 Å². The summed E-state index contributed by atoms with van der Waals surface area (Å²) in [6, 6.07) is 16.9. The lowest BCUT2D eigenvalue weighted by Crippen LogP contribution is -2.39. The van der Waals surface area contributed by atoms with Crippen LogP contribution in [0.2, 0.25) is 5.02 Å². The van der Waals surface area contributed by atoms with Crippen molar-refractivity contribution in [1.29, 1.82) is 0 Å². The Kier molecular flexibility index (Phi) is 7.38. The number of hydrogen-bond acceptors (Lipinski definition) is 5. The molecular weight excluding hydrogens is 428 g/mol. The van der Waals surface area contributed by atoms with Gasteiger partial charge in [0.15, 0.2) is 17.2 Å². The molecule has 1 amide bonds. The first kappa shape index (κ1) is 23.2. The number of nitrogens with zero attached hydrogens (tertiary/aromatic N) is 1. The molecule has 0 unspecified atom stereocenters. The summed E-state index contributed by atoms with van der Waals surface area (Å²) in [5.41, 5.74) is 0.569. The van der Waals surface area contributed by atoms with Gasteiger partial charge in [-0.25, -0.2) is 0 Å². The van der Waals surface area contributed by atoms with Crippen LogP contribution in [0.4, 0.5) is 0 Å². The van der Waals surface area contributed by atoms with Crippen LogP contribution in [0.5, 0.6) is 5.75 Å². The molecule has 1 N–H and O–H groups in total. The topological polar surface area (TPSA) is 85.4 Å². The second-order valence-corrected chi connectivity index (χ2v) is 8.15. The fourth-order valence-electron chi connectivity index (χ4n) is 2.92. The van der Waals surface area contributed by atoms with E-state index in [2.05, 4.69) is 10.3 Å². The van der Waals surface area contributed by atoms with Crippen molar-refractivity contribution in [3.63, 3.8) is 0 Å². The highest BCUT2D eigenvalue weighted by molar-refractivity contribution is 6.30. The molecule has 0 atom stereocenters. The summed E-state index contributed by atoms with van der Waals surface area (Å²) in [6.45, 7) is 3.30. The minimum Gasteiger partial charge on any atom is -0.480 e. The molecule has 0 saturated carbocycles. The van der Waals surface area contributed by atoms with Crippen molar-refractivity contribution in [2.45, 2.75) is 25.9 Å². The van der Waals surface area contributed by atoms with Gasteiger partial charge in [-0.3, -0.25) is 19.4 Å². The van der Waals surface area contributed by atoms with Gasteiger partial charge in [-0.05, 0) is 55.8 Å². The molecule has 3 rings (SSSR count). The number of carbonyl (C=O) groups excluding carboxylic acids is 3. The summed E-state index contributed by atoms with van der Waals surface area (Å²) < 4.78 is 5.84. The third-order valence-corrected chi connectivity index (χ3v) is 5.08. The number of Topliss-reactive ketones (excluding diaryl/α,β-unsaturated/α-hetero) is 2. The number of rotatable bonds is 9. The molecule has 0 aliphatic carbocycles. The minimum atomic E-state index is -1.03. The monoisotopic (exact) mass is 450 g/mol. The number of pyridine rings is 1. The van der Waals surface area contributed by atoms with Gasteiger partial charge >= 0.3 is 0 Å². The average molecular weight is 451 g/mol. The maximum absolute atomic E-state index is 12.8. The van der Waals surface area contributed by atoms with E-state index in [1.54, 1.807) is 80.7 Å². The second-order valence-electron chi connectivity index (χ2n) is 7.71. The van der Waals surface area contributed by atoms with E-state index in [-0.39, 0.29) is 30.4 Å². The lowest BCUT2D eigenvalue weighted by molar-refractivity contribution is -0.131. The Bertz CT molecular complexity index is 1100. The zero-order chi connectivity index (χ0) is 23.1. The van der Waals surface area contributed by atoms with Crippen LogP contribution >= 0.6 is 11.6 Å². The van der Waals surface area contributed by atoms with E-state index in [4.69, 9.17) is 16.3 Å². The molecule has 7 heteroatoms. The van der Waals surface area contributed by atoms with Crippen LogP contribution < -0.4 is 10.1 Å². The van der Waals surface area contributed by atoms with E-state index in [0.717, 1.165) is 5.56 Å². The van der Waals surface area contributed by atoms with Gasteiger partial charge in [-0.15, -0.1) is 0 Å². The first-order chi connectivity index (χ1) is 15.2. The second kappa shape index (κ2) is 10.2. The van der Waals surface area contributed by atoms with Crippen LogP contribution in [0.25, 0.3) is 0 Å². The predicted octanol–water partition coefficient (Wildman–Crippen LogP) is 4.32. The summed E-state index contributed by atoms with van der Waals surface area (Å²) in [6.07, 6.45) is 3.16. The molecule has 1 heterocycles. The highest BCUT2D eigenvalue weighted by atomic mass is 35.5. The van der Waals surface area contributed by atoms with Crippen molar-refractivity contribution < 1.29 is 19.1 Å². The van der Waals surface area contributed by atoms with Gasteiger partial charge in [-0.1, -0.05) is 35.9 Å². The van der Waals surface area contributed by atoms with Gasteiger partial charge in [0.25, 0.3) is 5.91 Å². The summed E-state index contributed by atoms with van der Waals surface area (Å²) in [4.78, 5) is 41.1. The smallest absolute Gasteiger partial charge is 0.253 e. The third-order valence-electron chi connectivity index (χ3n) is 4.83. The zero-order valence-corrected chi connectivity index (χ0v) is 18.6. The number of ketones is 2. The molecule has 32 heavy (non-hydrogen) atoms. The quantitative estimate of drug-likeness (QED) is 0.491. The maximum Gasteiger partial charge on any atom is 0.253 e. The molecule has 2 aromatic carbocycles. The van der Waals surface area contributed by atoms with Crippen LogP contribution in [-0.4, -0.2) is 34.6 Å². The van der Waals surface area contributed by atoms with Crippen molar-refractivity contribution >= 4 is 29.1 Å². The zero-order valence-electron chi connectivity index (χ0n) is 17.8. The van der Waals surface area contributed by atoms with Crippen LogP contribution in [0.1, 0.15) is 40.1 Å². The summed E-state index contributed by atoms with van der Waals surface area (Å²) >= 11 is 5.88. The SMILES string of the molecule is CC(C)(Oc1ccc(Cl)cc1)C(=O)Cc1ccc(C(=O)CNC(=O)c2cccnc2)cc1. The molecular formula is C25H23ClN2O4. The van der Waals surface area contributed by atoms with E-state index in [1.165, 1.54) is 6.20 Å². The average Bonchev–Trinajstić information content (AvgIpc) is 2.79. The Labute approximate surface area is 191 Å². The number of aromatic nitrogens is 1. The van der Waals surface area contributed by atoms with E-state index in [9.17, 15) is 14.4 Å². The number of ether oxygens (including phenoxy) is 1. The third kappa shape index (κ3) is 6.25. The van der Waals surface area contributed by atoms with Crippen LogP contribution in [0.3, 0.4) is 0 Å². The molecule has 0 saturated heterocycles. The number of hydrogen-bond donors (Lipinski definition) is 1. The summed E-state index contributed by atoms with van der Waals surface area (Å²) in [5, 5.41) is 3.17. The molecule has 6 nitrogen and oxygen atoms in total. The van der Waals surface area contributed by atoms with Crippen LogP contribution in [-0.2, 0) is 11.2 Å². The van der Waals surface area contributed by atoms with E-state index < -0.39 is 5.60 Å². The van der Waals surface area contributed by atoms with Crippen LogP contribution in [0.15, 0.2) is 73.1 Å². The predicted molar refractivity (Wildman–Crippen MR) is 122 cm³/mol. The molecule has 3 aromatic rings. The maximum atomic E-state index is 12.8.